The molecule has 0 N–H and O–H groups in total. The number of hydrogen-bond acceptors (Lipinski definition) is 3. The van der Waals surface area contributed by atoms with Gasteiger partial charge in [0.05, 0.1) is 6.61 Å². The van der Waals surface area contributed by atoms with Crippen molar-refractivity contribution in [1.82, 2.24) is 0 Å². The molecule has 1 aromatic carbocycles. The molecule has 0 saturated carbocycles. The average Bonchev–Trinajstić information content (AvgIpc) is 2.44. The van der Waals surface area contributed by atoms with Gasteiger partial charge in [-0.15, -0.1) is 0 Å². The van der Waals surface area contributed by atoms with Gasteiger partial charge < -0.3 is 9.64 Å². The molecule has 0 bridgehead atoms. The van der Waals surface area contributed by atoms with Crippen LogP contribution in [-0.2, 0) is 20.7 Å². The third kappa shape index (κ3) is 4.38. The fourth-order valence-corrected chi connectivity index (χ4v) is 1.86. The highest BCUT2D eigenvalue weighted by atomic mass is 35.5. The summed E-state index contributed by atoms with van der Waals surface area (Å²) in [5, 5.41) is 0.680. The van der Waals surface area contributed by atoms with Crippen LogP contribution in [0.1, 0.15) is 19.4 Å². The van der Waals surface area contributed by atoms with Gasteiger partial charge in [0.15, 0.2) is 0 Å². The average molecular weight is 296 g/mol. The molecule has 0 spiro atoms. The number of esters is 1. The summed E-state index contributed by atoms with van der Waals surface area (Å²) in [6, 6.07) is 5.38. The lowest BCUT2D eigenvalue weighted by Gasteiger charge is -2.16. The minimum atomic E-state index is -0.528. The molecule has 0 aromatic heterocycles. The minimum absolute atomic E-state index is 0.282. The molecule has 5 heteroatoms. The molecule has 0 heterocycles. The number of carbonyl (C=O) groups is 2. The van der Waals surface area contributed by atoms with Crippen LogP contribution in [0.2, 0.25) is 5.02 Å². The van der Waals surface area contributed by atoms with Gasteiger partial charge in [0.1, 0.15) is 0 Å². The first kappa shape index (κ1) is 16.2. The Kier molecular flexibility index (Phi) is 6.25. The summed E-state index contributed by atoms with van der Waals surface area (Å²) in [6.07, 6.45) is 3.10. The Balaban J connectivity index is 2.81. The maximum absolute atomic E-state index is 11.9. The second-order valence-electron chi connectivity index (χ2n) is 4.11. The van der Waals surface area contributed by atoms with Gasteiger partial charge in [-0.1, -0.05) is 18.5 Å². The number of aryl methyl sites for hydroxylation is 1. The van der Waals surface area contributed by atoms with E-state index in [4.69, 9.17) is 16.3 Å². The summed E-state index contributed by atoms with van der Waals surface area (Å²) in [6.45, 7) is 3.98. The van der Waals surface area contributed by atoms with Gasteiger partial charge in [-0.05, 0) is 37.1 Å². The summed E-state index contributed by atoms with van der Waals surface area (Å²) in [4.78, 5) is 24.5. The Hall–Kier alpha value is -1.81. The molecule has 108 valence electrons. The van der Waals surface area contributed by atoms with E-state index in [9.17, 15) is 9.59 Å². The van der Waals surface area contributed by atoms with E-state index in [0.29, 0.717) is 5.02 Å². The first-order valence-electron chi connectivity index (χ1n) is 6.40. The van der Waals surface area contributed by atoms with Crippen LogP contribution >= 0.6 is 11.6 Å². The number of amides is 1. The van der Waals surface area contributed by atoms with Crippen molar-refractivity contribution in [2.75, 3.05) is 18.6 Å². The van der Waals surface area contributed by atoms with Crippen molar-refractivity contribution in [1.29, 1.82) is 0 Å². The Morgan fingerprint density at radius 2 is 2.00 bits per heavy atom. The monoisotopic (exact) mass is 295 g/mol. The number of ether oxygens (including phenoxy) is 1. The molecule has 0 aliphatic rings. The molecule has 0 unspecified atom stereocenters. The van der Waals surface area contributed by atoms with Crippen LogP contribution in [0.25, 0.3) is 0 Å². The predicted molar refractivity (Wildman–Crippen MR) is 80.0 cm³/mol. The Morgan fingerprint density at radius 1 is 1.30 bits per heavy atom. The second kappa shape index (κ2) is 7.70. The number of anilines is 1. The number of likely N-dealkylation sites (N-methyl/N-ethyl adjacent to an activating group) is 1. The van der Waals surface area contributed by atoms with Gasteiger partial charge in [-0.25, -0.2) is 4.79 Å². The lowest BCUT2D eigenvalue weighted by atomic mass is 10.1. The summed E-state index contributed by atoms with van der Waals surface area (Å²) in [5.41, 5.74) is 1.70. The van der Waals surface area contributed by atoms with Crippen molar-refractivity contribution in [3.63, 3.8) is 0 Å². The second-order valence-corrected chi connectivity index (χ2v) is 4.52. The lowest BCUT2D eigenvalue weighted by Crippen LogP contribution is -2.24. The Bertz CT molecular complexity index is 526. The predicted octanol–water partition coefficient (Wildman–Crippen LogP) is 2.98. The zero-order chi connectivity index (χ0) is 15.1. The van der Waals surface area contributed by atoms with E-state index < -0.39 is 5.97 Å². The summed E-state index contributed by atoms with van der Waals surface area (Å²) in [5.74, 6) is -0.831. The van der Waals surface area contributed by atoms with Gasteiger partial charge in [0, 0.05) is 29.9 Å². The largest absolute Gasteiger partial charge is 0.463 e. The van der Waals surface area contributed by atoms with Crippen molar-refractivity contribution in [2.45, 2.75) is 20.3 Å². The maximum Gasteiger partial charge on any atom is 0.330 e. The summed E-state index contributed by atoms with van der Waals surface area (Å²) < 4.78 is 4.72. The van der Waals surface area contributed by atoms with E-state index in [-0.39, 0.29) is 12.5 Å². The van der Waals surface area contributed by atoms with Gasteiger partial charge >= 0.3 is 5.97 Å². The molecular weight excluding hydrogens is 278 g/mol. The van der Waals surface area contributed by atoms with Crippen LogP contribution < -0.4 is 4.90 Å². The van der Waals surface area contributed by atoms with Crippen molar-refractivity contribution < 1.29 is 14.3 Å². The van der Waals surface area contributed by atoms with Crippen LogP contribution in [0.5, 0.6) is 0 Å². The summed E-state index contributed by atoms with van der Waals surface area (Å²) >= 11 is 6.04. The SMILES string of the molecule is CCOC(=O)/C=C/C(=O)N(C)c1ccc(Cl)c(CC)c1. The molecule has 0 aliphatic heterocycles. The fraction of sp³-hybridized carbons (Fsp3) is 0.333. The minimum Gasteiger partial charge on any atom is -0.463 e. The molecule has 1 amide bonds. The van der Waals surface area contributed by atoms with Crippen LogP contribution in [-0.4, -0.2) is 25.5 Å². The van der Waals surface area contributed by atoms with E-state index >= 15 is 0 Å². The fourth-order valence-electron chi connectivity index (χ4n) is 1.61. The molecular formula is C15H18ClNO3. The Labute approximate surface area is 124 Å². The number of hydrogen-bond donors (Lipinski definition) is 0. The molecule has 1 aromatic rings. The van der Waals surface area contributed by atoms with Crippen molar-refractivity contribution in [2.24, 2.45) is 0 Å². The molecule has 0 aliphatic carbocycles. The van der Waals surface area contributed by atoms with Crippen LogP contribution in [0.3, 0.4) is 0 Å². The van der Waals surface area contributed by atoms with Crippen LogP contribution in [0, 0.1) is 0 Å². The summed E-state index contributed by atoms with van der Waals surface area (Å²) in [7, 11) is 1.64. The first-order chi connectivity index (χ1) is 9.49. The molecule has 0 atom stereocenters. The van der Waals surface area contributed by atoms with Crippen molar-refractivity contribution in [3.8, 4) is 0 Å². The van der Waals surface area contributed by atoms with Gasteiger partial charge in [0.2, 0.25) is 0 Å². The Morgan fingerprint density at radius 3 is 2.60 bits per heavy atom. The number of halogens is 1. The highest BCUT2D eigenvalue weighted by molar-refractivity contribution is 6.31. The van der Waals surface area contributed by atoms with Crippen LogP contribution in [0.4, 0.5) is 5.69 Å². The first-order valence-corrected chi connectivity index (χ1v) is 6.78. The maximum atomic E-state index is 11.9. The van der Waals surface area contributed by atoms with Gasteiger partial charge in [-0.3, -0.25) is 4.79 Å². The molecule has 20 heavy (non-hydrogen) atoms. The number of nitrogens with zero attached hydrogens (tertiary/aromatic N) is 1. The van der Waals surface area contributed by atoms with E-state index in [2.05, 4.69) is 0 Å². The molecule has 0 saturated heterocycles. The van der Waals surface area contributed by atoms with E-state index in [1.165, 1.54) is 11.0 Å². The quantitative estimate of drug-likeness (QED) is 0.620. The van der Waals surface area contributed by atoms with Gasteiger partial charge in [-0.2, -0.15) is 0 Å². The molecule has 4 nitrogen and oxygen atoms in total. The number of benzene rings is 1. The normalized spacial score (nSPS) is 10.6. The topological polar surface area (TPSA) is 46.6 Å². The molecule has 0 fully saturated rings. The molecule has 1 rings (SSSR count). The standard InChI is InChI=1S/C15H18ClNO3/c1-4-11-10-12(6-7-13(11)16)17(3)14(18)8-9-15(19)20-5-2/h6-10H,4-5H2,1-3H3/b9-8+. The highest BCUT2D eigenvalue weighted by Gasteiger charge is 2.10. The third-order valence-electron chi connectivity index (χ3n) is 2.78. The van der Waals surface area contributed by atoms with E-state index in [0.717, 1.165) is 23.7 Å². The van der Waals surface area contributed by atoms with Crippen LogP contribution in [0.15, 0.2) is 30.4 Å². The lowest BCUT2D eigenvalue weighted by molar-refractivity contribution is -0.137. The number of rotatable bonds is 5. The van der Waals surface area contributed by atoms with Gasteiger partial charge in [0.25, 0.3) is 5.91 Å². The third-order valence-corrected chi connectivity index (χ3v) is 3.15. The van der Waals surface area contributed by atoms with E-state index in [1.807, 2.05) is 13.0 Å². The smallest absolute Gasteiger partial charge is 0.330 e. The van der Waals surface area contributed by atoms with Crippen molar-refractivity contribution >= 4 is 29.2 Å². The van der Waals surface area contributed by atoms with E-state index in [1.54, 1.807) is 26.1 Å². The highest BCUT2D eigenvalue weighted by Crippen LogP contribution is 2.23. The molecule has 0 radical (unpaired) electrons. The zero-order valence-corrected chi connectivity index (χ0v) is 12.6. The number of carbonyl (C=O) groups excluding carboxylic acids is 2. The zero-order valence-electron chi connectivity index (χ0n) is 11.9. The van der Waals surface area contributed by atoms with Crippen molar-refractivity contribution in [3.05, 3.63) is 40.9 Å².